The molecular weight excluding hydrogens is 326 g/mol. The third-order valence-electron chi connectivity index (χ3n) is 4.26. The van der Waals surface area contributed by atoms with Crippen LogP contribution < -0.4 is 5.32 Å². The third kappa shape index (κ3) is 3.94. The molecule has 3 heteroatoms. The summed E-state index contributed by atoms with van der Waals surface area (Å²) in [5.41, 5.74) is 4.06. The van der Waals surface area contributed by atoms with E-state index in [9.17, 15) is 4.79 Å². The zero-order chi connectivity index (χ0) is 17.6. The van der Waals surface area contributed by atoms with E-state index in [-0.39, 0.29) is 11.9 Å². The highest BCUT2D eigenvalue weighted by atomic mass is 32.2. The molecule has 2 nitrogen and oxygen atoms in total. The van der Waals surface area contributed by atoms with Crippen molar-refractivity contribution in [2.45, 2.75) is 17.9 Å². The topological polar surface area (TPSA) is 29.1 Å². The van der Waals surface area contributed by atoms with Crippen molar-refractivity contribution in [3.63, 3.8) is 0 Å². The first-order valence-electron chi connectivity index (χ1n) is 8.25. The van der Waals surface area contributed by atoms with E-state index >= 15 is 0 Å². The minimum absolute atomic E-state index is 0.0537. The molecule has 0 radical (unpaired) electrons. The average molecular weight is 347 g/mol. The zero-order valence-corrected chi connectivity index (χ0v) is 15.2. The number of aryl methyl sites for hydroxylation is 1. The van der Waals surface area contributed by atoms with Crippen molar-refractivity contribution >= 4 is 17.7 Å². The highest BCUT2D eigenvalue weighted by Gasteiger charge is 2.20. The average Bonchev–Trinajstić information content (AvgIpc) is 2.67. The van der Waals surface area contributed by atoms with Crippen LogP contribution in [-0.2, 0) is 0 Å². The van der Waals surface area contributed by atoms with E-state index in [1.165, 1.54) is 0 Å². The third-order valence-corrected chi connectivity index (χ3v) is 5.06. The molecule has 0 aliphatic heterocycles. The molecule has 3 aromatic rings. The maximum Gasteiger partial charge on any atom is 0.253 e. The molecule has 1 amide bonds. The fourth-order valence-electron chi connectivity index (χ4n) is 2.94. The van der Waals surface area contributed by atoms with Gasteiger partial charge in [-0.3, -0.25) is 4.79 Å². The molecule has 1 atom stereocenters. The summed E-state index contributed by atoms with van der Waals surface area (Å²) in [6, 6.07) is 25.8. The summed E-state index contributed by atoms with van der Waals surface area (Å²) in [6.45, 7) is 2.08. The Hall–Kier alpha value is -2.52. The fraction of sp³-hybridized carbons (Fsp3) is 0.136. The predicted octanol–water partition coefficient (Wildman–Crippen LogP) is 5.24. The van der Waals surface area contributed by atoms with Gasteiger partial charge in [0.15, 0.2) is 0 Å². The van der Waals surface area contributed by atoms with Gasteiger partial charge < -0.3 is 5.32 Å². The first-order chi connectivity index (χ1) is 12.2. The van der Waals surface area contributed by atoms with Crippen molar-refractivity contribution < 1.29 is 4.79 Å². The zero-order valence-electron chi connectivity index (χ0n) is 14.4. The Morgan fingerprint density at radius 1 is 0.880 bits per heavy atom. The van der Waals surface area contributed by atoms with Crippen LogP contribution in [0.3, 0.4) is 0 Å². The van der Waals surface area contributed by atoms with Gasteiger partial charge in [-0.25, -0.2) is 0 Å². The first kappa shape index (κ1) is 17.3. The number of rotatable bonds is 5. The van der Waals surface area contributed by atoms with Crippen molar-refractivity contribution in [3.05, 3.63) is 101 Å². The second kappa shape index (κ2) is 8.04. The molecule has 0 fully saturated rings. The number of nitrogens with one attached hydrogen (secondary N) is 1. The maximum absolute atomic E-state index is 13.0. The molecule has 3 aromatic carbocycles. The largest absolute Gasteiger partial charge is 0.341 e. The quantitative estimate of drug-likeness (QED) is 0.640. The van der Waals surface area contributed by atoms with E-state index in [2.05, 4.69) is 36.5 Å². The first-order valence-corrected chi connectivity index (χ1v) is 9.47. The Morgan fingerprint density at radius 2 is 1.52 bits per heavy atom. The molecule has 126 valence electrons. The highest BCUT2D eigenvalue weighted by Crippen LogP contribution is 2.26. The van der Waals surface area contributed by atoms with Gasteiger partial charge in [0.2, 0.25) is 0 Å². The van der Waals surface area contributed by atoms with Crippen LogP contribution in [-0.4, -0.2) is 12.2 Å². The van der Waals surface area contributed by atoms with Crippen LogP contribution in [0.25, 0.3) is 0 Å². The molecule has 0 aliphatic carbocycles. The molecule has 1 N–H and O–H groups in total. The van der Waals surface area contributed by atoms with Gasteiger partial charge in [-0.05, 0) is 42.0 Å². The number of hydrogen-bond acceptors (Lipinski definition) is 2. The van der Waals surface area contributed by atoms with E-state index in [1.54, 1.807) is 11.8 Å². The SMILES string of the molecule is CSc1ccccc1C(=O)N[C@H](c1ccccc1)c1ccccc1C. The van der Waals surface area contributed by atoms with Crippen LogP contribution >= 0.6 is 11.8 Å². The van der Waals surface area contributed by atoms with E-state index in [1.807, 2.05) is 60.9 Å². The Morgan fingerprint density at radius 3 is 2.24 bits per heavy atom. The Bertz CT molecular complexity index is 861. The summed E-state index contributed by atoms with van der Waals surface area (Å²) in [7, 11) is 0. The van der Waals surface area contributed by atoms with Crippen LogP contribution in [0.1, 0.15) is 33.1 Å². The van der Waals surface area contributed by atoms with Crippen LogP contribution in [0.4, 0.5) is 0 Å². The molecule has 0 aromatic heterocycles. The van der Waals surface area contributed by atoms with Crippen LogP contribution in [0.2, 0.25) is 0 Å². The van der Waals surface area contributed by atoms with Gasteiger partial charge >= 0.3 is 0 Å². The van der Waals surface area contributed by atoms with E-state index in [0.29, 0.717) is 5.56 Å². The number of thioether (sulfide) groups is 1. The monoisotopic (exact) mass is 347 g/mol. The lowest BCUT2D eigenvalue weighted by Gasteiger charge is -2.22. The predicted molar refractivity (Wildman–Crippen MR) is 105 cm³/mol. The van der Waals surface area contributed by atoms with Gasteiger partial charge in [0, 0.05) is 4.90 Å². The van der Waals surface area contributed by atoms with Gasteiger partial charge in [-0.1, -0.05) is 66.7 Å². The van der Waals surface area contributed by atoms with Crippen LogP contribution in [0, 0.1) is 6.92 Å². The number of amides is 1. The van der Waals surface area contributed by atoms with Gasteiger partial charge in [-0.15, -0.1) is 11.8 Å². The normalized spacial score (nSPS) is 11.8. The molecule has 0 bridgehead atoms. The minimum atomic E-state index is -0.176. The Balaban J connectivity index is 1.99. The maximum atomic E-state index is 13.0. The van der Waals surface area contributed by atoms with Crippen LogP contribution in [0.5, 0.6) is 0 Å². The van der Waals surface area contributed by atoms with E-state index in [0.717, 1.165) is 21.6 Å². The second-order valence-corrected chi connectivity index (χ2v) is 6.72. The molecule has 0 heterocycles. The van der Waals surface area contributed by atoms with Gasteiger partial charge in [-0.2, -0.15) is 0 Å². The summed E-state index contributed by atoms with van der Waals surface area (Å²) in [5, 5.41) is 3.23. The Labute approximate surface area is 153 Å². The summed E-state index contributed by atoms with van der Waals surface area (Å²) >= 11 is 1.58. The molecule has 0 unspecified atom stereocenters. The summed E-state index contributed by atoms with van der Waals surface area (Å²) in [5.74, 6) is -0.0537. The molecule has 25 heavy (non-hydrogen) atoms. The standard InChI is InChI=1S/C22H21NOS/c1-16-10-6-7-13-18(16)21(17-11-4-3-5-12-17)23-22(24)19-14-8-9-15-20(19)25-2/h3-15,21H,1-2H3,(H,23,24)/t21-/m1/s1. The molecule has 0 saturated heterocycles. The van der Waals surface area contributed by atoms with E-state index in [4.69, 9.17) is 0 Å². The summed E-state index contributed by atoms with van der Waals surface area (Å²) < 4.78 is 0. The highest BCUT2D eigenvalue weighted by molar-refractivity contribution is 7.98. The van der Waals surface area contributed by atoms with Gasteiger partial charge in [0.25, 0.3) is 5.91 Å². The molecule has 0 saturated carbocycles. The smallest absolute Gasteiger partial charge is 0.253 e. The minimum Gasteiger partial charge on any atom is -0.341 e. The van der Waals surface area contributed by atoms with Crippen LogP contribution in [0.15, 0.2) is 83.8 Å². The number of hydrogen-bond donors (Lipinski definition) is 1. The lowest BCUT2D eigenvalue weighted by molar-refractivity contribution is 0.0940. The van der Waals surface area contributed by atoms with Crippen molar-refractivity contribution in [3.8, 4) is 0 Å². The Kier molecular flexibility index (Phi) is 5.56. The summed E-state index contributed by atoms with van der Waals surface area (Å²) in [6.07, 6.45) is 1.99. The number of carbonyl (C=O) groups excluding carboxylic acids is 1. The second-order valence-electron chi connectivity index (χ2n) is 5.87. The molecule has 0 aliphatic rings. The molecule has 3 rings (SSSR count). The molecule has 0 spiro atoms. The van der Waals surface area contributed by atoms with Gasteiger partial charge in [0.1, 0.15) is 0 Å². The van der Waals surface area contributed by atoms with Crippen molar-refractivity contribution in [2.24, 2.45) is 0 Å². The summed E-state index contributed by atoms with van der Waals surface area (Å²) in [4.78, 5) is 14.0. The van der Waals surface area contributed by atoms with Crippen molar-refractivity contribution in [1.82, 2.24) is 5.32 Å². The lowest BCUT2D eigenvalue weighted by Crippen LogP contribution is -2.30. The number of carbonyl (C=O) groups is 1. The fourth-order valence-corrected chi connectivity index (χ4v) is 3.53. The van der Waals surface area contributed by atoms with Crippen molar-refractivity contribution in [1.29, 1.82) is 0 Å². The van der Waals surface area contributed by atoms with Gasteiger partial charge in [0.05, 0.1) is 11.6 Å². The van der Waals surface area contributed by atoms with Crippen molar-refractivity contribution in [2.75, 3.05) is 6.26 Å². The van der Waals surface area contributed by atoms with E-state index < -0.39 is 0 Å². The molecular formula is C22H21NOS. The lowest BCUT2D eigenvalue weighted by atomic mass is 9.94. The number of benzene rings is 3.